The van der Waals surface area contributed by atoms with Crippen molar-refractivity contribution in [2.45, 2.75) is 50.7 Å². The molecule has 1 heterocycles. The molecule has 2 rings (SSSR count). The largest absolute Gasteiger partial charge is 0.475 e. The number of hydrogen-bond donors (Lipinski definition) is 1. The van der Waals surface area contributed by atoms with Crippen LogP contribution in [-0.2, 0) is 10.0 Å². The minimum absolute atomic E-state index is 0.0178. The Labute approximate surface area is 124 Å². The van der Waals surface area contributed by atoms with Crippen molar-refractivity contribution in [2.75, 3.05) is 6.54 Å². The van der Waals surface area contributed by atoms with Gasteiger partial charge >= 0.3 is 5.97 Å². The fourth-order valence-corrected chi connectivity index (χ4v) is 4.45. The van der Waals surface area contributed by atoms with E-state index in [1.165, 1.54) is 16.4 Å². The first-order chi connectivity index (χ1) is 9.82. The molecule has 0 amide bonds. The summed E-state index contributed by atoms with van der Waals surface area (Å²) in [5, 5.41) is 8.57. The first-order valence-corrected chi connectivity index (χ1v) is 8.61. The lowest BCUT2D eigenvalue weighted by atomic mass is 10.2. The monoisotopic (exact) mass is 315 g/mol. The molecule has 1 fully saturated rings. The van der Waals surface area contributed by atoms with Crippen LogP contribution in [0.2, 0.25) is 0 Å². The van der Waals surface area contributed by atoms with Crippen LogP contribution in [0.5, 0.6) is 0 Å². The Morgan fingerprint density at radius 3 is 2.48 bits per heavy atom. The van der Waals surface area contributed by atoms with Crippen LogP contribution in [0.15, 0.2) is 21.6 Å². The zero-order valence-corrected chi connectivity index (χ0v) is 13.1. The normalized spacial score (nSPS) is 17.0. The zero-order chi connectivity index (χ0) is 15.6. The lowest BCUT2D eigenvalue weighted by Crippen LogP contribution is -2.41. The molecule has 0 aromatic carbocycles. The van der Waals surface area contributed by atoms with Crippen LogP contribution < -0.4 is 0 Å². The van der Waals surface area contributed by atoms with Gasteiger partial charge in [-0.3, -0.25) is 0 Å². The van der Waals surface area contributed by atoms with Gasteiger partial charge in [-0.25, -0.2) is 13.2 Å². The lowest BCUT2D eigenvalue weighted by molar-refractivity contribution is 0.0656. The van der Waals surface area contributed by atoms with Crippen LogP contribution >= 0.6 is 0 Å². The fraction of sp³-hybridized carbons (Fsp3) is 0.643. The maximum Gasteiger partial charge on any atom is 0.371 e. The summed E-state index contributed by atoms with van der Waals surface area (Å²) >= 11 is 0. The van der Waals surface area contributed by atoms with Crippen LogP contribution in [0, 0.1) is 5.92 Å². The van der Waals surface area contributed by atoms with Gasteiger partial charge in [0, 0.05) is 12.6 Å². The minimum Gasteiger partial charge on any atom is -0.475 e. The smallest absolute Gasteiger partial charge is 0.371 e. The van der Waals surface area contributed by atoms with E-state index >= 15 is 0 Å². The molecule has 21 heavy (non-hydrogen) atoms. The van der Waals surface area contributed by atoms with Crippen LogP contribution in [-0.4, -0.2) is 36.4 Å². The molecule has 1 aromatic heterocycles. The molecule has 1 aliphatic carbocycles. The number of carbonyl (C=O) groups is 1. The second kappa shape index (κ2) is 6.19. The molecule has 1 N–H and O–H groups in total. The number of carboxylic acids is 1. The summed E-state index contributed by atoms with van der Waals surface area (Å²) in [5.41, 5.74) is 0. The second-order valence-corrected chi connectivity index (χ2v) is 7.65. The van der Waals surface area contributed by atoms with Crippen molar-refractivity contribution in [1.29, 1.82) is 0 Å². The maximum absolute atomic E-state index is 12.7. The average molecular weight is 315 g/mol. The Bertz CT molecular complexity index is 599. The Kier molecular flexibility index (Phi) is 4.73. The van der Waals surface area contributed by atoms with Crippen molar-refractivity contribution >= 4 is 16.0 Å². The molecule has 1 aliphatic rings. The summed E-state index contributed by atoms with van der Waals surface area (Å²) in [7, 11) is -3.79. The molecule has 0 saturated heterocycles. The van der Waals surface area contributed by atoms with Crippen molar-refractivity contribution in [3.05, 3.63) is 17.9 Å². The standard InChI is InChI=1S/C14H21NO5S/c1-10(2)9-15(11-5-3-4-6-11)21(18,19)13-8-7-12(20-13)14(16)17/h7-8,10-11H,3-6,9H2,1-2H3,(H,16,17). The van der Waals surface area contributed by atoms with Crippen LogP contribution in [0.3, 0.4) is 0 Å². The second-order valence-electron chi connectivity index (χ2n) is 5.83. The molecule has 1 aromatic rings. The van der Waals surface area contributed by atoms with Gasteiger partial charge in [-0.05, 0) is 30.9 Å². The summed E-state index contributed by atoms with van der Waals surface area (Å²) in [6.45, 7) is 4.33. The molecule has 118 valence electrons. The van der Waals surface area contributed by atoms with Gasteiger partial charge < -0.3 is 9.52 Å². The van der Waals surface area contributed by atoms with E-state index in [9.17, 15) is 13.2 Å². The van der Waals surface area contributed by atoms with E-state index in [4.69, 9.17) is 9.52 Å². The Morgan fingerprint density at radius 2 is 2.00 bits per heavy atom. The molecule has 0 bridgehead atoms. The topological polar surface area (TPSA) is 87.8 Å². The number of carboxylic acid groups (broad SMARTS) is 1. The highest BCUT2D eigenvalue weighted by Crippen LogP contribution is 2.30. The van der Waals surface area contributed by atoms with Gasteiger partial charge in [-0.2, -0.15) is 4.31 Å². The van der Waals surface area contributed by atoms with Gasteiger partial charge in [0.25, 0.3) is 10.0 Å². The van der Waals surface area contributed by atoms with Gasteiger partial charge in [0.15, 0.2) is 0 Å². The van der Waals surface area contributed by atoms with Gasteiger partial charge in [0.05, 0.1) is 0 Å². The molecular weight excluding hydrogens is 294 g/mol. The highest BCUT2D eigenvalue weighted by atomic mass is 32.2. The molecule has 1 saturated carbocycles. The average Bonchev–Trinajstić information content (AvgIpc) is 3.06. The first-order valence-electron chi connectivity index (χ1n) is 7.17. The number of aromatic carboxylic acids is 1. The van der Waals surface area contributed by atoms with Gasteiger partial charge in [-0.1, -0.05) is 26.7 Å². The minimum atomic E-state index is -3.79. The van der Waals surface area contributed by atoms with Crippen LogP contribution in [0.1, 0.15) is 50.1 Å². The van der Waals surface area contributed by atoms with Crippen molar-refractivity contribution in [3.8, 4) is 0 Å². The van der Waals surface area contributed by atoms with E-state index < -0.39 is 16.0 Å². The molecule has 7 heteroatoms. The van der Waals surface area contributed by atoms with Crippen LogP contribution in [0.25, 0.3) is 0 Å². The zero-order valence-electron chi connectivity index (χ0n) is 12.3. The summed E-state index contributed by atoms with van der Waals surface area (Å²) in [6, 6.07) is 2.38. The van der Waals surface area contributed by atoms with Crippen molar-refractivity contribution in [2.24, 2.45) is 5.92 Å². The van der Waals surface area contributed by atoms with Crippen molar-refractivity contribution in [3.63, 3.8) is 0 Å². The number of sulfonamides is 1. The molecule has 0 unspecified atom stereocenters. The Hall–Kier alpha value is -1.34. The molecule has 0 spiro atoms. The van der Waals surface area contributed by atoms with Crippen molar-refractivity contribution < 1.29 is 22.7 Å². The molecular formula is C14H21NO5S. The Morgan fingerprint density at radius 1 is 1.38 bits per heavy atom. The first kappa shape index (κ1) is 16.0. The molecule has 6 nitrogen and oxygen atoms in total. The highest BCUT2D eigenvalue weighted by Gasteiger charge is 2.35. The summed E-state index contributed by atoms with van der Waals surface area (Å²) in [6.07, 6.45) is 3.73. The SMILES string of the molecule is CC(C)CN(C1CCCC1)S(=O)(=O)c1ccc(C(=O)O)o1. The van der Waals surface area contributed by atoms with E-state index in [0.717, 1.165) is 25.7 Å². The maximum atomic E-state index is 12.7. The van der Waals surface area contributed by atoms with E-state index in [1.807, 2.05) is 13.8 Å². The fourth-order valence-electron chi connectivity index (χ4n) is 2.68. The van der Waals surface area contributed by atoms with Gasteiger partial charge in [0.1, 0.15) is 0 Å². The number of hydrogen-bond acceptors (Lipinski definition) is 4. The van der Waals surface area contributed by atoms with E-state index in [2.05, 4.69) is 0 Å². The van der Waals surface area contributed by atoms with E-state index in [-0.39, 0.29) is 22.8 Å². The van der Waals surface area contributed by atoms with Crippen LogP contribution in [0.4, 0.5) is 0 Å². The number of nitrogens with zero attached hydrogens (tertiary/aromatic N) is 1. The summed E-state index contributed by atoms with van der Waals surface area (Å²) < 4.78 is 31.9. The third-order valence-corrected chi connectivity index (χ3v) is 5.42. The lowest BCUT2D eigenvalue weighted by Gasteiger charge is -2.28. The van der Waals surface area contributed by atoms with E-state index in [0.29, 0.717) is 6.54 Å². The third kappa shape index (κ3) is 3.47. The highest BCUT2D eigenvalue weighted by molar-refractivity contribution is 7.89. The summed E-state index contributed by atoms with van der Waals surface area (Å²) in [4.78, 5) is 10.8. The van der Waals surface area contributed by atoms with Gasteiger partial charge in [0.2, 0.25) is 10.9 Å². The number of furan rings is 1. The van der Waals surface area contributed by atoms with Gasteiger partial charge in [-0.15, -0.1) is 0 Å². The van der Waals surface area contributed by atoms with Crippen molar-refractivity contribution in [1.82, 2.24) is 4.31 Å². The quantitative estimate of drug-likeness (QED) is 0.871. The molecule has 0 atom stereocenters. The summed E-state index contributed by atoms with van der Waals surface area (Å²) in [5.74, 6) is -1.44. The van der Waals surface area contributed by atoms with E-state index in [1.54, 1.807) is 0 Å². The Balaban J connectivity index is 2.33. The molecule has 0 aliphatic heterocycles. The molecule has 0 radical (unpaired) electrons. The predicted molar refractivity (Wildman–Crippen MR) is 76.7 cm³/mol. The third-order valence-electron chi connectivity index (χ3n) is 3.63. The number of rotatable bonds is 6. The predicted octanol–water partition coefficient (Wildman–Crippen LogP) is 2.57.